The summed E-state index contributed by atoms with van der Waals surface area (Å²) >= 11 is 0. The Morgan fingerprint density at radius 3 is 2.22 bits per heavy atom. The van der Waals surface area contributed by atoms with Crippen LogP contribution >= 0.6 is 0 Å². The van der Waals surface area contributed by atoms with E-state index in [2.05, 4.69) is 33.9 Å². The minimum Gasteiger partial charge on any atom is -0.406 e. The molecular formula is C12H26O5Si. The topological polar surface area (TPSA) is 68.2 Å². The molecule has 1 aliphatic rings. The molecule has 6 heteroatoms. The molecule has 1 aliphatic heterocycles. The van der Waals surface area contributed by atoms with Crippen molar-refractivity contribution >= 4 is 8.32 Å². The molecule has 5 nitrogen and oxygen atoms in total. The molecule has 0 aromatic heterocycles. The smallest absolute Gasteiger partial charge is 0.192 e. The molecule has 1 fully saturated rings. The van der Waals surface area contributed by atoms with Crippen LogP contribution in [0.15, 0.2) is 0 Å². The Labute approximate surface area is 110 Å². The maximum Gasteiger partial charge on any atom is 0.192 e. The zero-order chi connectivity index (χ0) is 14.1. The Kier molecular flexibility index (Phi) is 4.97. The van der Waals surface area contributed by atoms with E-state index in [9.17, 15) is 10.2 Å². The Bertz CT molecular complexity index is 274. The molecule has 0 saturated carbocycles. The molecule has 1 heterocycles. The Morgan fingerprint density at radius 2 is 1.78 bits per heavy atom. The maximum absolute atomic E-state index is 10.1. The van der Waals surface area contributed by atoms with Crippen molar-refractivity contribution in [3.05, 3.63) is 0 Å². The van der Waals surface area contributed by atoms with Crippen LogP contribution in [0.2, 0.25) is 18.1 Å². The van der Waals surface area contributed by atoms with E-state index >= 15 is 0 Å². The van der Waals surface area contributed by atoms with Gasteiger partial charge in [0.25, 0.3) is 0 Å². The molecule has 0 aromatic rings. The van der Waals surface area contributed by atoms with Gasteiger partial charge in [0.15, 0.2) is 14.6 Å². The van der Waals surface area contributed by atoms with Crippen molar-refractivity contribution in [2.45, 2.75) is 63.5 Å². The van der Waals surface area contributed by atoms with Crippen molar-refractivity contribution in [2.24, 2.45) is 0 Å². The van der Waals surface area contributed by atoms with Crippen LogP contribution in [0.25, 0.3) is 0 Å². The van der Waals surface area contributed by atoms with Gasteiger partial charge in [-0.3, -0.25) is 0 Å². The van der Waals surface area contributed by atoms with E-state index in [1.165, 1.54) is 7.11 Å². The average molecular weight is 278 g/mol. The first kappa shape index (κ1) is 16.1. The van der Waals surface area contributed by atoms with Crippen molar-refractivity contribution in [3.63, 3.8) is 0 Å². The Morgan fingerprint density at radius 1 is 1.22 bits per heavy atom. The minimum atomic E-state index is -2.05. The molecule has 0 radical (unpaired) electrons. The summed E-state index contributed by atoms with van der Waals surface area (Å²) in [5.41, 5.74) is 0. The highest BCUT2D eigenvalue weighted by Crippen LogP contribution is 2.38. The Balaban J connectivity index is 2.84. The van der Waals surface area contributed by atoms with Crippen molar-refractivity contribution in [1.29, 1.82) is 0 Å². The van der Waals surface area contributed by atoms with Gasteiger partial charge in [-0.1, -0.05) is 20.8 Å². The lowest BCUT2D eigenvalue weighted by molar-refractivity contribution is -0.257. The SMILES string of the molecule is CO[C@H]1OC[C@H](O)[C@H](O)[C@@H]1O[Si](C)(C)C(C)(C)C. The number of hydrogen-bond acceptors (Lipinski definition) is 5. The highest BCUT2D eigenvalue weighted by atomic mass is 28.4. The summed E-state index contributed by atoms with van der Waals surface area (Å²) in [5, 5.41) is 19.7. The molecule has 18 heavy (non-hydrogen) atoms. The summed E-state index contributed by atoms with van der Waals surface area (Å²) in [5.74, 6) is 0. The zero-order valence-corrected chi connectivity index (χ0v) is 13.1. The summed E-state index contributed by atoms with van der Waals surface area (Å²) in [6.07, 6.45) is -3.17. The molecule has 0 aliphatic carbocycles. The van der Waals surface area contributed by atoms with Crippen LogP contribution in [0, 0.1) is 0 Å². The molecular weight excluding hydrogens is 252 g/mol. The lowest BCUT2D eigenvalue weighted by atomic mass is 10.1. The third-order valence-electron chi connectivity index (χ3n) is 3.90. The van der Waals surface area contributed by atoms with Crippen molar-refractivity contribution in [2.75, 3.05) is 13.7 Å². The van der Waals surface area contributed by atoms with Crippen LogP contribution in [0.4, 0.5) is 0 Å². The van der Waals surface area contributed by atoms with Crippen LogP contribution < -0.4 is 0 Å². The Hall–Kier alpha value is 0.0169. The number of methoxy groups -OCH3 is 1. The van der Waals surface area contributed by atoms with Gasteiger partial charge in [-0.25, -0.2) is 0 Å². The summed E-state index contributed by atoms with van der Waals surface area (Å²) in [6, 6.07) is 0. The van der Waals surface area contributed by atoms with E-state index in [4.69, 9.17) is 13.9 Å². The fourth-order valence-corrected chi connectivity index (χ4v) is 2.90. The fraction of sp³-hybridized carbons (Fsp3) is 1.00. The van der Waals surface area contributed by atoms with Gasteiger partial charge in [0, 0.05) is 7.11 Å². The highest BCUT2D eigenvalue weighted by Gasteiger charge is 2.46. The van der Waals surface area contributed by atoms with Gasteiger partial charge < -0.3 is 24.1 Å². The van der Waals surface area contributed by atoms with Gasteiger partial charge >= 0.3 is 0 Å². The fourth-order valence-electron chi connectivity index (χ4n) is 1.61. The van der Waals surface area contributed by atoms with E-state index in [1.54, 1.807) is 0 Å². The summed E-state index contributed by atoms with van der Waals surface area (Å²) in [7, 11) is -0.542. The number of ether oxygens (including phenoxy) is 2. The summed E-state index contributed by atoms with van der Waals surface area (Å²) < 4.78 is 16.6. The zero-order valence-electron chi connectivity index (χ0n) is 12.1. The van der Waals surface area contributed by atoms with Gasteiger partial charge in [-0.15, -0.1) is 0 Å². The second-order valence-electron chi connectivity index (χ2n) is 6.34. The minimum absolute atomic E-state index is 0.0212. The normalized spacial score (nSPS) is 34.7. The van der Waals surface area contributed by atoms with E-state index in [-0.39, 0.29) is 11.6 Å². The quantitative estimate of drug-likeness (QED) is 0.757. The van der Waals surface area contributed by atoms with Crippen molar-refractivity contribution in [1.82, 2.24) is 0 Å². The van der Waals surface area contributed by atoms with Crippen molar-refractivity contribution < 1.29 is 24.1 Å². The molecule has 0 amide bonds. The van der Waals surface area contributed by atoms with Crippen LogP contribution in [0.1, 0.15) is 20.8 Å². The molecule has 1 saturated heterocycles. The molecule has 0 aromatic carbocycles. The van der Waals surface area contributed by atoms with Gasteiger partial charge in [0.2, 0.25) is 0 Å². The van der Waals surface area contributed by atoms with Gasteiger partial charge in [0.1, 0.15) is 18.3 Å². The monoisotopic (exact) mass is 278 g/mol. The van der Waals surface area contributed by atoms with E-state index in [0.717, 1.165) is 0 Å². The summed E-state index contributed by atoms with van der Waals surface area (Å²) in [6.45, 7) is 10.6. The maximum atomic E-state index is 10.1. The van der Waals surface area contributed by atoms with Crippen molar-refractivity contribution in [3.8, 4) is 0 Å². The molecule has 1 rings (SSSR count). The van der Waals surface area contributed by atoms with E-state index in [0.29, 0.717) is 0 Å². The standard InChI is InChI=1S/C12H26O5Si/c1-12(2,3)18(5,6)17-10-9(14)8(13)7-16-11(10)15-4/h8-11,13-14H,7H2,1-6H3/t8-,9-,10-,11-/m0/s1. The first-order valence-corrected chi connectivity index (χ1v) is 9.19. The molecule has 2 N–H and O–H groups in total. The third kappa shape index (κ3) is 3.31. The lowest BCUT2D eigenvalue weighted by Gasteiger charge is -2.45. The molecule has 0 bridgehead atoms. The second-order valence-corrected chi connectivity index (χ2v) is 11.1. The largest absolute Gasteiger partial charge is 0.406 e. The molecule has 108 valence electrons. The van der Waals surface area contributed by atoms with Gasteiger partial charge in [0.05, 0.1) is 6.61 Å². The molecule has 0 unspecified atom stereocenters. The first-order chi connectivity index (χ1) is 8.10. The number of aliphatic hydroxyl groups is 2. The van der Waals surface area contributed by atoms with E-state index in [1.807, 2.05) is 0 Å². The predicted molar refractivity (Wildman–Crippen MR) is 70.8 cm³/mol. The number of hydrogen-bond donors (Lipinski definition) is 2. The first-order valence-electron chi connectivity index (χ1n) is 6.28. The number of aliphatic hydroxyl groups excluding tert-OH is 2. The average Bonchev–Trinajstić information content (AvgIpc) is 2.23. The van der Waals surface area contributed by atoms with Crippen LogP contribution in [-0.4, -0.2) is 56.8 Å². The predicted octanol–water partition coefficient (Wildman–Crippen LogP) is 1.10. The van der Waals surface area contributed by atoms with Crippen LogP contribution in [-0.2, 0) is 13.9 Å². The van der Waals surface area contributed by atoms with E-state index < -0.39 is 32.9 Å². The third-order valence-corrected chi connectivity index (χ3v) is 8.37. The van der Waals surface area contributed by atoms with Crippen LogP contribution in [0.5, 0.6) is 0 Å². The summed E-state index contributed by atoms with van der Waals surface area (Å²) in [4.78, 5) is 0. The second kappa shape index (κ2) is 5.56. The van der Waals surface area contributed by atoms with Gasteiger partial charge in [-0.05, 0) is 18.1 Å². The highest BCUT2D eigenvalue weighted by molar-refractivity contribution is 6.74. The van der Waals surface area contributed by atoms with Crippen LogP contribution in [0.3, 0.4) is 0 Å². The van der Waals surface area contributed by atoms with Gasteiger partial charge in [-0.2, -0.15) is 0 Å². The number of rotatable bonds is 3. The molecule has 4 atom stereocenters. The lowest BCUT2D eigenvalue weighted by Crippen LogP contribution is -2.59. The molecule has 0 spiro atoms.